The summed E-state index contributed by atoms with van der Waals surface area (Å²) in [6.07, 6.45) is 2.32. The molecule has 1 aromatic heterocycles. The van der Waals surface area contributed by atoms with E-state index in [9.17, 15) is 24.3 Å². The van der Waals surface area contributed by atoms with Gasteiger partial charge in [-0.1, -0.05) is 20.8 Å². The zero-order valence-corrected chi connectivity index (χ0v) is 23.0. The molecule has 0 aromatic carbocycles. The van der Waals surface area contributed by atoms with Gasteiger partial charge in [0, 0.05) is 53.9 Å². The van der Waals surface area contributed by atoms with Gasteiger partial charge in [0.05, 0.1) is 31.7 Å². The number of esters is 3. The Labute approximate surface area is 226 Å². The number of carbonyl (C=O) groups excluding carboxylic acids is 4. The summed E-state index contributed by atoms with van der Waals surface area (Å²) in [7, 11) is 1.30. The van der Waals surface area contributed by atoms with Crippen LogP contribution in [0.5, 0.6) is 0 Å². The van der Waals surface area contributed by atoms with Crippen LogP contribution in [0.25, 0.3) is 0 Å². The van der Waals surface area contributed by atoms with Crippen molar-refractivity contribution in [2.75, 3.05) is 7.11 Å². The molecule has 4 bridgehead atoms. The third-order valence-electron chi connectivity index (χ3n) is 11.3. The second kappa shape index (κ2) is 8.16. The van der Waals surface area contributed by atoms with Crippen LogP contribution >= 0.6 is 0 Å². The van der Waals surface area contributed by atoms with Gasteiger partial charge >= 0.3 is 17.9 Å². The van der Waals surface area contributed by atoms with E-state index in [1.165, 1.54) is 20.3 Å². The Morgan fingerprint density at radius 2 is 1.90 bits per heavy atom. The van der Waals surface area contributed by atoms with Gasteiger partial charge in [-0.2, -0.15) is 0 Å². The van der Waals surface area contributed by atoms with Crippen LogP contribution in [0.3, 0.4) is 0 Å². The number of rotatable bonds is 4. The first-order chi connectivity index (χ1) is 18.2. The molecule has 10 nitrogen and oxygen atoms in total. The third kappa shape index (κ3) is 3.21. The average molecular weight is 545 g/mol. The lowest BCUT2D eigenvalue weighted by Crippen LogP contribution is -2.65. The summed E-state index contributed by atoms with van der Waals surface area (Å²) in [5, 5.41) is 12.4. The molecule has 0 unspecified atom stereocenters. The van der Waals surface area contributed by atoms with Crippen molar-refractivity contribution >= 4 is 23.7 Å². The highest BCUT2D eigenvalue weighted by Gasteiger charge is 2.84. The van der Waals surface area contributed by atoms with Gasteiger partial charge in [-0.15, -0.1) is 0 Å². The van der Waals surface area contributed by atoms with Gasteiger partial charge in [-0.25, -0.2) is 0 Å². The highest BCUT2D eigenvalue weighted by molar-refractivity contribution is 5.88. The van der Waals surface area contributed by atoms with Crippen molar-refractivity contribution < 1.29 is 47.6 Å². The zero-order chi connectivity index (χ0) is 28.2. The second-order valence-electron chi connectivity index (χ2n) is 13.1. The number of ether oxygens (including phenoxy) is 4. The fraction of sp³-hybridized carbons (Fsp3) is 0.724. The molecule has 6 fully saturated rings. The van der Waals surface area contributed by atoms with Crippen molar-refractivity contribution in [3.63, 3.8) is 0 Å². The molecule has 1 N–H and O–H groups in total. The standard InChI is InChI=1S/C29H36O10/c1-15(30)37-24-17(31)12-28-18(27(4)19(10-21(32)35-5)26(24,3)14-29(27,34)39-28)6-8-25(2)20(28)11-22(33)38-23(25)16-7-9-36-13-16/h7,9,13,18-20,23-24,34H,6,8,10-12,14H2,1-5H3/t18-,19+,20-,23+,24-,25-,26+,27-,28-,29+/m1/s1. The van der Waals surface area contributed by atoms with E-state index in [2.05, 4.69) is 0 Å². The normalized spacial score (nSPS) is 48.0. The SMILES string of the molecule is COC(=O)C[C@H]1[C@]2(C)C[C@]3(O)O[C@@]4(CC(=O)[C@H]2OC(C)=O)[C@@H]2CC(=O)O[C@@H](c5ccoc5)[C@]2(C)CC[C@@H]4[C@]13C. The van der Waals surface area contributed by atoms with E-state index in [4.69, 9.17) is 23.4 Å². The largest absolute Gasteiger partial charge is 0.472 e. The number of hydrogen-bond acceptors (Lipinski definition) is 10. The summed E-state index contributed by atoms with van der Waals surface area (Å²) >= 11 is 0. The molecule has 3 saturated carbocycles. The number of aliphatic hydroxyl groups is 1. The molecule has 10 atom stereocenters. The van der Waals surface area contributed by atoms with Crippen LogP contribution in [-0.2, 0) is 38.1 Å². The first kappa shape index (κ1) is 26.5. The van der Waals surface area contributed by atoms with E-state index >= 15 is 0 Å². The molecule has 39 heavy (non-hydrogen) atoms. The summed E-state index contributed by atoms with van der Waals surface area (Å²) in [6, 6.07) is 1.77. The number of methoxy groups -OCH3 is 1. The van der Waals surface area contributed by atoms with Crippen molar-refractivity contribution in [2.24, 2.45) is 34.0 Å². The van der Waals surface area contributed by atoms with Crippen molar-refractivity contribution in [3.05, 3.63) is 24.2 Å². The molecule has 0 amide bonds. The molecular weight excluding hydrogens is 508 g/mol. The highest BCUT2D eigenvalue weighted by Crippen LogP contribution is 2.79. The molecule has 1 spiro atoms. The molecule has 0 radical (unpaired) electrons. The van der Waals surface area contributed by atoms with Crippen LogP contribution in [-0.4, -0.2) is 53.4 Å². The quantitative estimate of drug-likeness (QED) is 0.444. The minimum atomic E-state index is -1.72. The van der Waals surface area contributed by atoms with Crippen molar-refractivity contribution in [1.29, 1.82) is 0 Å². The molecule has 3 aliphatic carbocycles. The minimum Gasteiger partial charge on any atom is -0.472 e. The van der Waals surface area contributed by atoms with Gasteiger partial charge in [-0.05, 0) is 30.7 Å². The number of fused-ring (bicyclic) bond motifs is 3. The topological polar surface area (TPSA) is 139 Å². The van der Waals surface area contributed by atoms with Crippen LogP contribution in [0, 0.1) is 34.0 Å². The summed E-state index contributed by atoms with van der Waals surface area (Å²) in [5.41, 5.74) is -3.19. The molecule has 10 heteroatoms. The lowest BCUT2D eigenvalue weighted by molar-refractivity contribution is -0.289. The molecule has 212 valence electrons. The van der Waals surface area contributed by atoms with Crippen molar-refractivity contribution in [3.8, 4) is 0 Å². The summed E-state index contributed by atoms with van der Waals surface area (Å²) < 4.78 is 28.8. The van der Waals surface area contributed by atoms with Crippen LogP contribution in [0.1, 0.15) is 77.9 Å². The molecule has 1 aromatic rings. The zero-order valence-electron chi connectivity index (χ0n) is 23.0. The summed E-state index contributed by atoms with van der Waals surface area (Å²) in [5.74, 6) is -4.99. The number of ketones is 1. The molecule has 3 saturated heterocycles. The Balaban J connectivity index is 1.55. The molecule has 6 aliphatic rings. The predicted octanol–water partition coefficient (Wildman–Crippen LogP) is 3.26. The van der Waals surface area contributed by atoms with Gasteiger partial charge in [0.2, 0.25) is 0 Å². The Morgan fingerprint density at radius 1 is 1.15 bits per heavy atom. The number of carbonyl (C=O) groups is 4. The number of hydrogen-bond donors (Lipinski definition) is 1. The first-order valence-electron chi connectivity index (χ1n) is 13.7. The van der Waals surface area contributed by atoms with Gasteiger partial charge < -0.3 is 28.5 Å². The maximum absolute atomic E-state index is 14.2. The van der Waals surface area contributed by atoms with Gasteiger partial charge in [0.15, 0.2) is 17.7 Å². The number of Topliss-reactive ketones (excluding diaryl/α,β-unsaturated/α-hetero) is 1. The van der Waals surface area contributed by atoms with E-state index in [-0.39, 0.29) is 37.4 Å². The number of furan rings is 1. The van der Waals surface area contributed by atoms with Crippen LogP contribution in [0.4, 0.5) is 0 Å². The van der Waals surface area contributed by atoms with Crippen LogP contribution in [0.2, 0.25) is 0 Å². The van der Waals surface area contributed by atoms with Crippen LogP contribution < -0.4 is 0 Å². The molecule has 4 heterocycles. The smallest absolute Gasteiger partial charge is 0.306 e. The number of cyclic esters (lactones) is 1. The average Bonchev–Trinajstić information content (AvgIpc) is 3.49. The maximum Gasteiger partial charge on any atom is 0.306 e. The van der Waals surface area contributed by atoms with E-state index in [0.717, 1.165) is 5.56 Å². The molecule has 7 rings (SSSR count). The predicted molar refractivity (Wildman–Crippen MR) is 131 cm³/mol. The molecular formula is C29H36O10. The Morgan fingerprint density at radius 3 is 2.54 bits per heavy atom. The minimum absolute atomic E-state index is 0.000856. The van der Waals surface area contributed by atoms with Crippen LogP contribution in [0.15, 0.2) is 23.0 Å². The maximum atomic E-state index is 14.2. The lowest BCUT2D eigenvalue weighted by atomic mass is 9.45. The third-order valence-corrected chi connectivity index (χ3v) is 11.3. The van der Waals surface area contributed by atoms with E-state index in [0.29, 0.717) is 12.8 Å². The molecule has 3 aliphatic heterocycles. The Bertz CT molecular complexity index is 1240. The fourth-order valence-electron chi connectivity index (χ4n) is 9.81. The second-order valence-corrected chi connectivity index (χ2v) is 13.1. The van der Waals surface area contributed by atoms with Crippen molar-refractivity contribution in [1.82, 2.24) is 0 Å². The lowest BCUT2D eigenvalue weighted by Gasteiger charge is -2.61. The summed E-state index contributed by atoms with van der Waals surface area (Å²) in [4.78, 5) is 52.3. The van der Waals surface area contributed by atoms with Gasteiger partial charge in [-0.3, -0.25) is 19.2 Å². The van der Waals surface area contributed by atoms with Gasteiger partial charge in [0.25, 0.3) is 0 Å². The Kier molecular flexibility index (Phi) is 5.54. The first-order valence-corrected chi connectivity index (χ1v) is 13.7. The van der Waals surface area contributed by atoms with E-state index < -0.39 is 69.6 Å². The summed E-state index contributed by atoms with van der Waals surface area (Å²) in [6.45, 7) is 7.01. The fourth-order valence-corrected chi connectivity index (χ4v) is 9.81. The van der Waals surface area contributed by atoms with E-state index in [1.807, 2.05) is 13.8 Å². The van der Waals surface area contributed by atoms with Crippen molar-refractivity contribution in [2.45, 2.75) is 89.8 Å². The monoisotopic (exact) mass is 544 g/mol. The van der Waals surface area contributed by atoms with Gasteiger partial charge in [0.1, 0.15) is 6.10 Å². The van der Waals surface area contributed by atoms with E-state index in [1.54, 1.807) is 19.3 Å². The highest BCUT2D eigenvalue weighted by atomic mass is 16.7. The Hall–Kier alpha value is -2.72.